The van der Waals surface area contributed by atoms with Gasteiger partial charge in [-0.3, -0.25) is 0 Å². The highest BCUT2D eigenvalue weighted by molar-refractivity contribution is 5.89. The van der Waals surface area contributed by atoms with Gasteiger partial charge in [0.2, 0.25) is 0 Å². The molecule has 2 nitrogen and oxygen atoms in total. The summed E-state index contributed by atoms with van der Waals surface area (Å²) in [5.74, 6) is -0.260. The smallest absolute Gasteiger partial charge is 0.337 e. The van der Waals surface area contributed by atoms with E-state index in [0.717, 1.165) is 6.42 Å². The van der Waals surface area contributed by atoms with Gasteiger partial charge < -0.3 is 4.74 Å². The predicted octanol–water partition coefficient (Wildman–Crippen LogP) is 5.55. The second-order valence-corrected chi connectivity index (χ2v) is 5.77. The largest absolute Gasteiger partial charge is 0.465 e. The van der Waals surface area contributed by atoms with Gasteiger partial charge in [0.15, 0.2) is 0 Å². The van der Waals surface area contributed by atoms with Crippen LogP contribution in [0.2, 0.25) is 0 Å². The molecular weight excluding hydrogens is 260 g/mol. The molecule has 0 aromatic heterocycles. The summed E-state index contributed by atoms with van der Waals surface area (Å²) in [5.41, 5.74) is 1.94. The van der Waals surface area contributed by atoms with Crippen molar-refractivity contribution in [1.82, 2.24) is 0 Å². The van der Waals surface area contributed by atoms with Crippen molar-refractivity contribution in [1.29, 1.82) is 0 Å². The second kappa shape index (κ2) is 11.4. The van der Waals surface area contributed by atoms with Crippen molar-refractivity contribution in [3.05, 3.63) is 35.4 Å². The first-order valence-corrected chi connectivity index (χ1v) is 8.45. The summed E-state index contributed by atoms with van der Waals surface area (Å²) < 4.78 is 4.70. The Hall–Kier alpha value is -1.31. The molecule has 0 aliphatic heterocycles. The summed E-state index contributed by atoms with van der Waals surface area (Å²) in [6, 6.07) is 7.79. The highest BCUT2D eigenvalue weighted by atomic mass is 16.5. The third-order valence-corrected chi connectivity index (χ3v) is 3.94. The topological polar surface area (TPSA) is 26.3 Å². The van der Waals surface area contributed by atoms with Gasteiger partial charge in [0.1, 0.15) is 0 Å². The molecule has 0 heterocycles. The second-order valence-electron chi connectivity index (χ2n) is 5.77. The van der Waals surface area contributed by atoms with E-state index in [1.54, 1.807) is 0 Å². The van der Waals surface area contributed by atoms with Gasteiger partial charge in [0, 0.05) is 0 Å². The minimum Gasteiger partial charge on any atom is -0.465 e. The number of aryl methyl sites for hydroxylation is 1. The monoisotopic (exact) mass is 290 g/mol. The predicted molar refractivity (Wildman–Crippen MR) is 88.7 cm³/mol. The number of hydrogen-bond acceptors (Lipinski definition) is 2. The number of esters is 1. The molecule has 0 radical (unpaired) electrons. The number of methoxy groups -OCH3 is 1. The summed E-state index contributed by atoms with van der Waals surface area (Å²) in [6.45, 7) is 2.26. The Kier molecular flexibility index (Phi) is 9.60. The molecule has 1 aromatic rings. The Morgan fingerprint density at radius 2 is 1.38 bits per heavy atom. The van der Waals surface area contributed by atoms with Crippen LogP contribution in [0.3, 0.4) is 0 Å². The van der Waals surface area contributed by atoms with Gasteiger partial charge in [-0.1, -0.05) is 70.4 Å². The minimum absolute atomic E-state index is 0.260. The summed E-state index contributed by atoms with van der Waals surface area (Å²) in [5, 5.41) is 0. The Labute approximate surface area is 129 Å². The van der Waals surface area contributed by atoms with Gasteiger partial charge in [-0.05, 0) is 30.5 Å². The summed E-state index contributed by atoms with van der Waals surface area (Å²) in [4.78, 5) is 11.3. The fraction of sp³-hybridized carbons (Fsp3) is 0.632. The normalized spacial score (nSPS) is 10.6. The number of benzene rings is 1. The number of unbranched alkanes of at least 4 members (excludes halogenated alkanes) is 8. The van der Waals surface area contributed by atoms with E-state index >= 15 is 0 Å². The maximum Gasteiger partial charge on any atom is 0.337 e. The lowest BCUT2D eigenvalue weighted by Crippen LogP contribution is -2.00. The number of carbonyl (C=O) groups excluding carboxylic acids is 1. The van der Waals surface area contributed by atoms with E-state index in [2.05, 4.69) is 6.92 Å². The first-order chi connectivity index (χ1) is 10.3. The van der Waals surface area contributed by atoms with Crippen LogP contribution in [-0.4, -0.2) is 13.1 Å². The molecule has 21 heavy (non-hydrogen) atoms. The Morgan fingerprint density at radius 3 is 1.90 bits per heavy atom. The van der Waals surface area contributed by atoms with Crippen LogP contribution in [0.4, 0.5) is 0 Å². The number of rotatable bonds is 11. The first kappa shape index (κ1) is 17.7. The highest BCUT2D eigenvalue weighted by Gasteiger charge is 2.03. The van der Waals surface area contributed by atoms with Gasteiger partial charge in [0.05, 0.1) is 12.7 Å². The average Bonchev–Trinajstić information content (AvgIpc) is 2.53. The zero-order valence-corrected chi connectivity index (χ0v) is 13.7. The Balaban J connectivity index is 2.06. The lowest BCUT2D eigenvalue weighted by molar-refractivity contribution is 0.0600. The van der Waals surface area contributed by atoms with E-state index in [9.17, 15) is 4.79 Å². The lowest BCUT2D eigenvalue weighted by Gasteiger charge is -2.04. The first-order valence-electron chi connectivity index (χ1n) is 8.45. The van der Waals surface area contributed by atoms with Crippen molar-refractivity contribution in [3.8, 4) is 0 Å². The molecule has 2 heteroatoms. The van der Waals surface area contributed by atoms with Crippen LogP contribution in [0, 0.1) is 0 Å². The molecule has 0 aliphatic carbocycles. The number of carbonyl (C=O) groups is 1. The van der Waals surface area contributed by atoms with E-state index < -0.39 is 0 Å². The summed E-state index contributed by atoms with van der Waals surface area (Å²) in [7, 11) is 1.42. The molecule has 0 N–H and O–H groups in total. The molecule has 0 bridgehead atoms. The summed E-state index contributed by atoms with van der Waals surface area (Å²) in [6.07, 6.45) is 13.3. The minimum atomic E-state index is -0.260. The van der Waals surface area contributed by atoms with Gasteiger partial charge in [-0.2, -0.15) is 0 Å². The van der Waals surface area contributed by atoms with E-state index in [0.29, 0.717) is 5.56 Å². The van der Waals surface area contributed by atoms with Gasteiger partial charge in [-0.15, -0.1) is 0 Å². The molecule has 0 saturated heterocycles. The third kappa shape index (κ3) is 7.89. The van der Waals surface area contributed by atoms with Crippen molar-refractivity contribution in [2.75, 3.05) is 7.11 Å². The number of hydrogen-bond donors (Lipinski definition) is 0. The fourth-order valence-electron chi connectivity index (χ4n) is 2.57. The molecule has 1 aromatic carbocycles. The van der Waals surface area contributed by atoms with Crippen LogP contribution in [0.15, 0.2) is 24.3 Å². The molecule has 0 aliphatic rings. The molecule has 0 amide bonds. The SMILES string of the molecule is CCCCCCCCCCCc1ccc(C(=O)OC)cc1. The van der Waals surface area contributed by atoms with E-state index in [-0.39, 0.29) is 5.97 Å². The van der Waals surface area contributed by atoms with Gasteiger partial charge in [-0.25, -0.2) is 4.79 Å². The van der Waals surface area contributed by atoms with Crippen molar-refractivity contribution in [3.63, 3.8) is 0 Å². The Bertz CT molecular complexity index is 381. The van der Waals surface area contributed by atoms with Crippen LogP contribution in [0.5, 0.6) is 0 Å². The van der Waals surface area contributed by atoms with E-state index in [4.69, 9.17) is 4.74 Å². The zero-order chi connectivity index (χ0) is 15.3. The zero-order valence-electron chi connectivity index (χ0n) is 13.7. The molecule has 0 saturated carbocycles. The molecule has 0 unspecified atom stereocenters. The fourth-order valence-corrected chi connectivity index (χ4v) is 2.57. The maximum atomic E-state index is 11.3. The lowest BCUT2D eigenvalue weighted by atomic mass is 10.0. The molecule has 0 atom stereocenters. The quantitative estimate of drug-likeness (QED) is 0.394. The molecule has 0 spiro atoms. The van der Waals surface area contributed by atoms with Crippen molar-refractivity contribution >= 4 is 5.97 Å². The molecule has 0 fully saturated rings. The van der Waals surface area contributed by atoms with Crippen molar-refractivity contribution in [2.45, 2.75) is 71.1 Å². The average molecular weight is 290 g/mol. The van der Waals surface area contributed by atoms with Gasteiger partial charge >= 0.3 is 5.97 Å². The molecular formula is C19H30O2. The third-order valence-electron chi connectivity index (χ3n) is 3.94. The summed E-state index contributed by atoms with van der Waals surface area (Å²) >= 11 is 0. The van der Waals surface area contributed by atoms with Crippen LogP contribution in [0.25, 0.3) is 0 Å². The van der Waals surface area contributed by atoms with Crippen LogP contribution in [-0.2, 0) is 11.2 Å². The van der Waals surface area contributed by atoms with Crippen LogP contribution >= 0.6 is 0 Å². The van der Waals surface area contributed by atoms with Gasteiger partial charge in [0.25, 0.3) is 0 Å². The molecule has 1 rings (SSSR count). The Morgan fingerprint density at radius 1 is 0.857 bits per heavy atom. The standard InChI is InChI=1S/C19H30O2/c1-3-4-5-6-7-8-9-10-11-12-17-13-15-18(16-14-17)19(20)21-2/h13-16H,3-12H2,1-2H3. The van der Waals surface area contributed by atoms with Crippen LogP contribution in [0.1, 0.15) is 80.6 Å². The van der Waals surface area contributed by atoms with E-state index in [1.807, 2.05) is 24.3 Å². The highest BCUT2D eigenvalue weighted by Crippen LogP contribution is 2.13. The van der Waals surface area contributed by atoms with Crippen molar-refractivity contribution < 1.29 is 9.53 Å². The molecule has 118 valence electrons. The van der Waals surface area contributed by atoms with Crippen LogP contribution < -0.4 is 0 Å². The van der Waals surface area contributed by atoms with E-state index in [1.165, 1.54) is 70.5 Å². The van der Waals surface area contributed by atoms with Crippen molar-refractivity contribution in [2.24, 2.45) is 0 Å². The maximum absolute atomic E-state index is 11.3. The number of ether oxygens (including phenoxy) is 1.